The van der Waals surface area contributed by atoms with Gasteiger partial charge < -0.3 is 10.1 Å². The summed E-state index contributed by atoms with van der Waals surface area (Å²) in [4.78, 5) is 4.17. The molecule has 0 bridgehead atoms. The fraction of sp³-hybridized carbons (Fsp3) is 0.312. The minimum absolute atomic E-state index is 0.0640. The molecule has 0 spiro atoms. The number of halogens is 2. The molecule has 112 valence electrons. The van der Waals surface area contributed by atoms with Crippen LogP contribution in [0.15, 0.2) is 36.7 Å². The summed E-state index contributed by atoms with van der Waals surface area (Å²) in [7, 11) is 1.83. The van der Waals surface area contributed by atoms with Gasteiger partial charge in [-0.3, -0.25) is 4.98 Å². The van der Waals surface area contributed by atoms with E-state index in [-0.39, 0.29) is 16.9 Å². The van der Waals surface area contributed by atoms with Gasteiger partial charge in [0.2, 0.25) is 0 Å². The quantitative estimate of drug-likeness (QED) is 0.882. The number of benzene rings is 1. The number of hydrogen-bond donors (Lipinski definition) is 1. The van der Waals surface area contributed by atoms with Gasteiger partial charge in [-0.05, 0) is 43.7 Å². The van der Waals surface area contributed by atoms with Crippen LogP contribution in [0.3, 0.4) is 0 Å². The van der Waals surface area contributed by atoms with Gasteiger partial charge in [0.25, 0.3) is 0 Å². The topological polar surface area (TPSA) is 34.1 Å². The SMILES string of the molecule is CCOc1cncc(C(Cc2cccc(Cl)c2F)NC)c1. The summed E-state index contributed by atoms with van der Waals surface area (Å²) in [5, 5.41) is 3.32. The van der Waals surface area contributed by atoms with Gasteiger partial charge >= 0.3 is 0 Å². The molecule has 1 atom stereocenters. The molecule has 0 saturated carbocycles. The van der Waals surface area contributed by atoms with Crippen LogP contribution in [-0.2, 0) is 6.42 Å². The molecule has 0 radical (unpaired) electrons. The van der Waals surface area contributed by atoms with Crippen molar-refractivity contribution in [3.8, 4) is 5.75 Å². The molecule has 0 amide bonds. The third-order valence-corrected chi connectivity index (χ3v) is 3.54. The van der Waals surface area contributed by atoms with Crippen LogP contribution in [0.4, 0.5) is 4.39 Å². The average Bonchev–Trinajstić information content (AvgIpc) is 2.49. The zero-order valence-electron chi connectivity index (χ0n) is 12.1. The Hall–Kier alpha value is -1.65. The lowest BCUT2D eigenvalue weighted by atomic mass is 10.00. The van der Waals surface area contributed by atoms with Gasteiger partial charge in [-0.1, -0.05) is 23.7 Å². The lowest BCUT2D eigenvalue weighted by molar-refractivity contribution is 0.338. The minimum atomic E-state index is -0.367. The Kier molecular flexibility index (Phi) is 5.53. The number of pyridine rings is 1. The van der Waals surface area contributed by atoms with Gasteiger partial charge in [-0.15, -0.1) is 0 Å². The molecule has 3 nitrogen and oxygen atoms in total. The Balaban J connectivity index is 2.23. The summed E-state index contributed by atoms with van der Waals surface area (Å²) >= 11 is 5.83. The molecular weight excluding hydrogens is 291 g/mol. The molecule has 5 heteroatoms. The monoisotopic (exact) mass is 308 g/mol. The number of hydrogen-bond acceptors (Lipinski definition) is 3. The van der Waals surface area contributed by atoms with Crippen molar-refractivity contribution in [2.45, 2.75) is 19.4 Å². The molecule has 2 rings (SSSR count). The summed E-state index contributed by atoms with van der Waals surface area (Å²) in [5.41, 5.74) is 1.52. The molecule has 1 unspecified atom stereocenters. The Morgan fingerprint density at radius 1 is 1.38 bits per heavy atom. The maximum Gasteiger partial charge on any atom is 0.145 e. The van der Waals surface area contributed by atoms with Crippen LogP contribution in [-0.4, -0.2) is 18.6 Å². The van der Waals surface area contributed by atoms with Crippen LogP contribution in [0, 0.1) is 5.82 Å². The molecule has 0 aliphatic heterocycles. The summed E-state index contributed by atoms with van der Waals surface area (Å²) in [6.45, 7) is 2.50. The van der Waals surface area contributed by atoms with E-state index < -0.39 is 0 Å². The largest absolute Gasteiger partial charge is 0.492 e. The molecule has 1 aromatic heterocycles. The van der Waals surface area contributed by atoms with Crippen LogP contribution in [0.25, 0.3) is 0 Å². The lowest BCUT2D eigenvalue weighted by Crippen LogP contribution is -2.19. The van der Waals surface area contributed by atoms with Crippen molar-refractivity contribution in [1.29, 1.82) is 0 Å². The summed E-state index contributed by atoms with van der Waals surface area (Å²) in [6, 6.07) is 6.89. The van der Waals surface area contributed by atoms with E-state index in [4.69, 9.17) is 16.3 Å². The van der Waals surface area contributed by atoms with E-state index in [2.05, 4.69) is 10.3 Å². The van der Waals surface area contributed by atoms with Crippen molar-refractivity contribution in [3.63, 3.8) is 0 Å². The van der Waals surface area contributed by atoms with Crippen molar-refractivity contribution in [2.24, 2.45) is 0 Å². The van der Waals surface area contributed by atoms with Gasteiger partial charge in [-0.2, -0.15) is 0 Å². The molecule has 1 aromatic carbocycles. The van der Waals surface area contributed by atoms with Crippen molar-refractivity contribution in [3.05, 3.63) is 58.6 Å². The fourth-order valence-electron chi connectivity index (χ4n) is 2.18. The molecular formula is C16H18ClFN2O. The van der Waals surface area contributed by atoms with Crippen LogP contribution in [0.1, 0.15) is 24.1 Å². The molecule has 0 aliphatic rings. The summed E-state index contributed by atoms with van der Waals surface area (Å²) < 4.78 is 19.5. The second-order valence-corrected chi connectivity index (χ2v) is 5.05. The third kappa shape index (κ3) is 3.93. The molecule has 21 heavy (non-hydrogen) atoms. The number of ether oxygens (including phenoxy) is 1. The van der Waals surface area contributed by atoms with Crippen molar-refractivity contribution >= 4 is 11.6 Å². The Bertz CT molecular complexity index is 607. The van der Waals surface area contributed by atoms with E-state index >= 15 is 0 Å². The highest BCUT2D eigenvalue weighted by atomic mass is 35.5. The predicted octanol–water partition coefficient (Wildman–Crippen LogP) is 3.78. The van der Waals surface area contributed by atoms with Crippen LogP contribution >= 0.6 is 11.6 Å². The first-order valence-corrected chi connectivity index (χ1v) is 7.21. The number of aromatic nitrogens is 1. The van der Waals surface area contributed by atoms with E-state index in [1.165, 1.54) is 0 Å². The maximum atomic E-state index is 14.0. The highest BCUT2D eigenvalue weighted by molar-refractivity contribution is 6.30. The highest BCUT2D eigenvalue weighted by Gasteiger charge is 2.15. The normalized spacial score (nSPS) is 12.2. The second-order valence-electron chi connectivity index (χ2n) is 4.65. The van der Waals surface area contributed by atoms with Crippen LogP contribution in [0.5, 0.6) is 5.75 Å². The fourth-order valence-corrected chi connectivity index (χ4v) is 2.38. The van der Waals surface area contributed by atoms with E-state index in [0.29, 0.717) is 24.3 Å². The van der Waals surface area contributed by atoms with Gasteiger partial charge in [0.05, 0.1) is 17.8 Å². The standard InChI is InChI=1S/C16H18ClFN2O/c1-3-21-13-7-12(9-20-10-13)15(19-2)8-11-5-4-6-14(17)16(11)18/h4-7,9-10,15,19H,3,8H2,1-2H3. The summed E-state index contributed by atoms with van der Waals surface area (Å²) in [5.74, 6) is 0.343. The van der Waals surface area contributed by atoms with Gasteiger partial charge in [0.15, 0.2) is 0 Å². The number of rotatable bonds is 6. The maximum absolute atomic E-state index is 14.0. The van der Waals surface area contributed by atoms with Gasteiger partial charge in [0, 0.05) is 12.2 Å². The molecule has 0 aliphatic carbocycles. The first kappa shape index (κ1) is 15.7. The molecule has 0 saturated heterocycles. The Morgan fingerprint density at radius 3 is 2.90 bits per heavy atom. The summed E-state index contributed by atoms with van der Waals surface area (Å²) in [6.07, 6.45) is 3.91. The predicted molar refractivity (Wildman–Crippen MR) is 82.3 cm³/mol. The number of nitrogens with one attached hydrogen (secondary N) is 1. The Morgan fingerprint density at radius 2 is 2.19 bits per heavy atom. The zero-order chi connectivity index (χ0) is 15.2. The van der Waals surface area contributed by atoms with Crippen molar-refractivity contribution < 1.29 is 9.13 Å². The highest BCUT2D eigenvalue weighted by Crippen LogP contribution is 2.25. The lowest BCUT2D eigenvalue weighted by Gasteiger charge is -2.18. The van der Waals surface area contributed by atoms with Gasteiger partial charge in [0.1, 0.15) is 11.6 Å². The zero-order valence-corrected chi connectivity index (χ0v) is 12.8. The number of likely N-dealkylation sites (N-methyl/N-ethyl adjacent to an activating group) is 1. The van der Waals surface area contributed by atoms with Crippen LogP contribution in [0.2, 0.25) is 5.02 Å². The van der Waals surface area contributed by atoms with E-state index in [0.717, 1.165) is 5.56 Å². The molecule has 1 N–H and O–H groups in total. The minimum Gasteiger partial charge on any atom is -0.492 e. The van der Waals surface area contributed by atoms with E-state index in [9.17, 15) is 4.39 Å². The molecule has 0 fully saturated rings. The van der Waals surface area contributed by atoms with Crippen molar-refractivity contribution in [1.82, 2.24) is 10.3 Å². The second kappa shape index (κ2) is 7.38. The molecule has 2 aromatic rings. The van der Waals surface area contributed by atoms with E-state index in [1.807, 2.05) is 20.0 Å². The Labute approximate surface area is 129 Å². The number of nitrogens with zero attached hydrogens (tertiary/aromatic N) is 1. The van der Waals surface area contributed by atoms with Gasteiger partial charge in [-0.25, -0.2) is 4.39 Å². The average molecular weight is 309 g/mol. The third-order valence-electron chi connectivity index (χ3n) is 3.25. The first-order valence-electron chi connectivity index (χ1n) is 6.83. The van der Waals surface area contributed by atoms with Crippen LogP contribution < -0.4 is 10.1 Å². The van der Waals surface area contributed by atoms with Crippen molar-refractivity contribution in [2.75, 3.05) is 13.7 Å². The first-order chi connectivity index (χ1) is 10.2. The van der Waals surface area contributed by atoms with E-state index in [1.54, 1.807) is 30.6 Å². The molecule has 1 heterocycles. The smallest absolute Gasteiger partial charge is 0.145 e.